The molecule has 1 saturated heterocycles. The number of rotatable bonds is 5. The smallest absolute Gasteiger partial charge is 0.175 e. The molecule has 7 nitrogen and oxygen atoms in total. The van der Waals surface area contributed by atoms with Crippen molar-refractivity contribution in [2.24, 2.45) is 0 Å². The zero-order valence-electron chi connectivity index (χ0n) is 15.1. The number of aliphatic hydroxyl groups excluding tert-OH is 1. The van der Waals surface area contributed by atoms with Crippen LogP contribution in [-0.4, -0.2) is 55.3 Å². The van der Waals surface area contributed by atoms with Gasteiger partial charge >= 0.3 is 0 Å². The van der Waals surface area contributed by atoms with Crippen molar-refractivity contribution in [3.8, 4) is 0 Å². The third-order valence-electron chi connectivity index (χ3n) is 4.82. The molecule has 0 atom stereocenters. The molecule has 1 fully saturated rings. The maximum absolute atomic E-state index is 9.71. The number of piperidine rings is 1. The van der Waals surface area contributed by atoms with Crippen LogP contribution in [0, 0.1) is 0 Å². The highest BCUT2D eigenvalue weighted by atomic mass is 35.5. The van der Waals surface area contributed by atoms with Crippen molar-refractivity contribution in [2.75, 3.05) is 25.4 Å². The molecule has 1 aliphatic rings. The second-order valence-corrected chi connectivity index (χ2v) is 8.58. The van der Waals surface area contributed by atoms with E-state index in [1.54, 1.807) is 12.1 Å². The highest BCUT2D eigenvalue weighted by molar-refractivity contribution is 7.99. The van der Waals surface area contributed by atoms with Gasteiger partial charge in [-0.1, -0.05) is 35.0 Å². The highest BCUT2D eigenvalue weighted by Gasteiger charge is 2.20. The molecule has 0 bridgehead atoms. The molecule has 0 aliphatic carbocycles. The first-order valence-electron chi connectivity index (χ1n) is 9.01. The first kappa shape index (κ1) is 19.7. The van der Waals surface area contributed by atoms with Crippen LogP contribution in [0.5, 0.6) is 0 Å². The molecule has 148 valence electrons. The molecule has 1 aromatic carbocycles. The van der Waals surface area contributed by atoms with Crippen LogP contribution in [0.2, 0.25) is 10.0 Å². The number of fused-ring (bicyclic) bond motifs is 1. The van der Waals surface area contributed by atoms with Crippen molar-refractivity contribution in [3.05, 3.63) is 34.6 Å². The molecule has 1 aliphatic heterocycles. The summed E-state index contributed by atoms with van der Waals surface area (Å²) in [7, 11) is 0. The average molecular weight is 439 g/mol. The maximum atomic E-state index is 9.71. The number of hydrogen-bond acceptors (Lipinski definition) is 7. The summed E-state index contributed by atoms with van der Waals surface area (Å²) in [5, 5.41) is 11.6. The fourth-order valence-corrected chi connectivity index (χ4v) is 4.69. The Balaban J connectivity index is 1.63. The van der Waals surface area contributed by atoms with E-state index in [1.807, 2.05) is 10.6 Å². The van der Waals surface area contributed by atoms with E-state index >= 15 is 0 Å². The van der Waals surface area contributed by atoms with E-state index in [9.17, 15) is 5.11 Å². The molecule has 0 unspecified atom stereocenters. The van der Waals surface area contributed by atoms with Crippen molar-refractivity contribution in [1.82, 2.24) is 24.4 Å². The Kier molecular flexibility index (Phi) is 5.93. The van der Waals surface area contributed by atoms with Gasteiger partial charge in [-0.2, -0.15) is 0 Å². The SMILES string of the molecule is Nc1ncnc2c1nc(Sc1ccc(Cl)cc1Cl)n2CCN1CCC(O)CC1. The van der Waals surface area contributed by atoms with Crippen LogP contribution in [-0.2, 0) is 6.54 Å². The fraction of sp³-hybridized carbons (Fsp3) is 0.389. The van der Waals surface area contributed by atoms with Gasteiger partial charge in [0.25, 0.3) is 0 Å². The Morgan fingerprint density at radius 3 is 2.71 bits per heavy atom. The van der Waals surface area contributed by atoms with Crippen LogP contribution in [0.4, 0.5) is 5.82 Å². The number of imidazole rings is 1. The van der Waals surface area contributed by atoms with E-state index in [0.29, 0.717) is 33.6 Å². The maximum Gasteiger partial charge on any atom is 0.175 e. The van der Waals surface area contributed by atoms with Crippen molar-refractivity contribution < 1.29 is 5.11 Å². The predicted molar refractivity (Wildman–Crippen MR) is 112 cm³/mol. The number of benzene rings is 1. The Labute approximate surface area is 176 Å². The summed E-state index contributed by atoms with van der Waals surface area (Å²) >= 11 is 13.8. The van der Waals surface area contributed by atoms with Gasteiger partial charge in [0.05, 0.1) is 11.1 Å². The van der Waals surface area contributed by atoms with E-state index in [4.69, 9.17) is 28.9 Å². The lowest BCUT2D eigenvalue weighted by atomic mass is 10.1. The summed E-state index contributed by atoms with van der Waals surface area (Å²) in [4.78, 5) is 16.3. The molecule has 10 heteroatoms. The summed E-state index contributed by atoms with van der Waals surface area (Å²) in [5.41, 5.74) is 7.31. The van der Waals surface area contributed by atoms with Gasteiger partial charge in [-0.3, -0.25) is 0 Å². The number of halogens is 2. The molecule has 2 aromatic heterocycles. The number of likely N-dealkylation sites (tertiary alicyclic amines) is 1. The first-order chi connectivity index (χ1) is 13.5. The van der Waals surface area contributed by atoms with Crippen LogP contribution >= 0.6 is 35.0 Å². The summed E-state index contributed by atoms with van der Waals surface area (Å²) in [6.07, 6.45) is 2.89. The van der Waals surface area contributed by atoms with Gasteiger partial charge < -0.3 is 20.3 Å². The minimum absolute atomic E-state index is 0.184. The third-order valence-corrected chi connectivity index (χ3v) is 6.55. The van der Waals surface area contributed by atoms with Gasteiger partial charge in [-0.25, -0.2) is 15.0 Å². The predicted octanol–water partition coefficient (Wildman–Crippen LogP) is 3.32. The van der Waals surface area contributed by atoms with Crippen molar-refractivity contribution >= 4 is 51.9 Å². The molecule has 3 aromatic rings. The molecule has 3 heterocycles. The standard InChI is InChI=1S/C18H20Cl2N6OS/c19-11-1-2-14(13(20)9-11)28-18-24-15-16(21)22-10-23-17(15)26(18)8-7-25-5-3-12(27)4-6-25/h1-2,9-10,12,27H,3-8H2,(H2,21,22,23). The van der Waals surface area contributed by atoms with Crippen LogP contribution in [0.15, 0.2) is 34.6 Å². The molecular formula is C18H20Cl2N6OS. The fourth-order valence-electron chi connectivity index (χ4n) is 3.25. The lowest BCUT2D eigenvalue weighted by Gasteiger charge is -2.29. The second-order valence-electron chi connectivity index (χ2n) is 6.73. The van der Waals surface area contributed by atoms with Crippen LogP contribution < -0.4 is 5.73 Å². The van der Waals surface area contributed by atoms with E-state index in [1.165, 1.54) is 18.1 Å². The number of nitrogen functional groups attached to an aromatic ring is 1. The normalized spacial score (nSPS) is 16.1. The number of hydrogen-bond donors (Lipinski definition) is 2. The first-order valence-corrected chi connectivity index (χ1v) is 10.6. The monoisotopic (exact) mass is 438 g/mol. The van der Waals surface area contributed by atoms with E-state index in [2.05, 4.69) is 19.9 Å². The summed E-state index contributed by atoms with van der Waals surface area (Å²) < 4.78 is 2.05. The minimum atomic E-state index is -0.184. The van der Waals surface area contributed by atoms with Gasteiger partial charge in [0.1, 0.15) is 6.33 Å². The number of aromatic nitrogens is 4. The summed E-state index contributed by atoms with van der Waals surface area (Å²) in [6.45, 7) is 3.31. The molecular weight excluding hydrogens is 419 g/mol. The van der Waals surface area contributed by atoms with Crippen LogP contribution in [0.3, 0.4) is 0 Å². The topological polar surface area (TPSA) is 93.1 Å². The lowest BCUT2D eigenvalue weighted by Crippen LogP contribution is -2.37. The Morgan fingerprint density at radius 1 is 1.18 bits per heavy atom. The molecule has 0 amide bonds. The van der Waals surface area contributed by atoms with Gasteiger partial charge in [0.15, 0.2) is 22.1 Å². The number of aliphatic hydroxyl groups is 1. The Bertz CT molecular complexity index is 990. The van der Waals surface area contributed by atoms with Gasteiger partial charge in [-0.05, 0) is 31.0 Å². The van der Waals surface area contributed by atoms with Crippen LogP contribution in [0.25, 0.3) is 11.2 Å². The van der Waals surface area contributed by atoms with Gasteiger partial charge in [0, 0.05) is 36.1 Å². The second kappa shape index (κ2) is 8.42. The summed E-state index contributed by atoms with van der Waals surface area (Å²) in [6, 6.07) is 5.39. The molecule has 4 rings (SSSR count). The van der Waals surface area contributed by atoms with Crippen molar-refractivity contribution in [1.29, 1.82) is 0 Å². The van der Waals surface area contributed by atoms with Crippen LogP contribution in [0.1, 0.15) is 12.8 Å². The highest BCUT2D eigenvalue weighted by Crippen LogP contribution is 2.36. The molecule has 28 heavy (non-hydrogen) atoms. The van der Waals surface area contributed by atoms with E-state index in [-0.39, 0.29) is 6.10 Å². The Morgan fingerprint density at radius 2 is 1.96 bits per heavy atom. The van der Waals surface area contributed by atoms with E-state index < -0.39 is 0 Å². The molecule has 0 spiro atoms. The van der Waals surface area contributed by atoms with Gasteiger partial charge in [0.2, 0.25) is 0 Å². The largest absolute Gasteiger partial charge is 0.393 e. The van der Waals surface area contributed by atoms with E-state index in [0.717, 1.165) is 42.5 Å². The Hall–Kier alpha value is -1.58. The molecule has 0 saturated carbocycles. The zero-order chi connectivity index (χ0) is 19.7. The lowest BCUT2D eigenvalue weighted by molar-refractivity contribution is 0.0808. The van der Waals surface area contributed by atoms with Crippen molar-refractivity contribution in [3.63, 3.8) is 0 Å². The quantitative estimate of drug-likeness (QED) is 0.630. The number of anilines is 1. The minimum Gasteiger partial charge on any atom is -0.393 e. The third kappa shape index (κ3) is 4.21. The average Bonchev–Trinajstić information content (AvgIpc) is 3.02. The van der Waals surface area contributed by atoms with Gasteiger partial charge in [-0.15, -0.1) is 0 Å². The number of nitrogens with two attached hydrogens (primary N) is 1. The van der Waals surface area contributed by atoms with Crippen molar-refractivity contribution in [2.45, 2.75) is 35.5 Å². The summed E-state index contributed by atoms with van der Waals surface area (Å²) in [5.74, 6) is 0.355. The molecule has 3 N–H and O–H groups in total. The molecule has 0 radical (unpaired) electrons. The zero-order valence-corrected chi connectivity index (χ0v) is 17.4. The number of nitrogens with zero attached hydrogens (tertiary/aromatic N) is 5.